The summed E-state index contributed by atoms with van der Waals surface area (Å²) in [5, 5.41) is 23.9. The predicted octanol–water partition coefficient (Wildman–Crippen LogP) is 4.49. The molecule has 4 heterocycles. The maximum atomic E-state index is 13.5. The Kier molecular flexibility index (Phi) is 22.5. The van der Waals surface area contributed by atoms with Crippen LogP contribution >= 0.6 is 0 Å². The molecule has 4 aliphatic heterocycles. The number of methoxy groups -OCH3 is 1. The number of carbonyl (C=O) groups excluding carboxylic acids is 4. The van der Waals surface area contributed by atoms with E-state index in [1.54, 1.807) is 46.7 Å². The highest BCUT2D eigenvalue weighted by atomic mass is 16.7. The summed E-state index contributed by atoms with van der Waals surface area (Å²) in [6.07, 6.45) is -1.77. The van der Waals surface area contributed by atoms with Crippen molar-refractivity contribution in [1.29, 1.82) is 0 Å². The molecule has 0 spiro atoms. The van der Waals surface area contributed by atoms with Gasteiger partial charge in [0.05, 0.1) is 43.0 Å². The normalized spacial score (nSPS) is 41.2. The molecule has 0 bridgehead atoms. The number of nitrogens with zero attached hydrogens (tertiary/aromatic N) is 2. The van der Waals surface area contributed by atoms with E-state index in [-0.39, 0.29) is 43.2 Å². The number of allylic oxidation sites excluding steroid dienone is 2. The molecule has 19 atom stereocenters. The topological polar surface area (TPSA) is 208 Å². The van der Waals surface area contributed by atoms with Crippen LogP contribution in [0.1, 0.15) is 114 Å². The number of hydrogen-bond acceptors (Lipinski definition) is 18. The maximum Gasteiger partial charge on any atom is 0.309 e. The van der Waals surface area contributed by atoms with Gasteiger partial charge in [-0.2, -0.15) is 0 Å². The van der Waals surface area contributed by atoms with Crippen LogP contribution in [0, 0.1) is 17.8 Å². The molecule has 18 nitrogen and oxygen atoms in total. The second-order valence-electron chi connectivity index (χ2n) is 20.5. The van der Waals surface area contributed by atoms with Crippen LogP contribution in [-0.4, -0.2) is 183 Å². The van der Waals surface area contributed by atoms with Crippen LogP contribution in [-0.2, 0) is 66.5 Å². The number of cyclic esters (lactones) is 1. The highest BCUT2D eigenvalue weighted by molar-refractivity contribution is 5.72. The number of likely N-dealkylation sites (N-methyl/N-ethyl adjacent to an activating group) is 2. The van der Waals surface area contributed by atoms with Crippen molar-refractivity contribution in [3.63, 3.8) is 0 Å². The number of rotatable bonds is 15. The van der Waals surface area contributed by atoms with Gasteiger partial charge in [-0.15, -0.1) is 0 Å². The molecule has 0 amide bonds. The fourth-order valence-electron chi connectivity index (χ4n) is 10.1. The van der Waals surface area contributed by atoms with Gasteiger partial charge in [0.15, 0.2) is 25.0 Å². The van der Waals surface area contributed by atoms with Gasteiger partial charge in [0.25, 0.3) is 0 Å². The standard InChI is InChI=1S/C50H84N2O16/c1-28(2)24-39(55)66-48-33(7)62-42(27-50(48,9)58)67-45-32(6)63-49(44(57)43(45)52(12)13)68-46-35(22-23-53)25-29(3)37(65-41-21-20-36(51(10)11)31(5)61-41)19-17-15-16-18-30(4)60-40(56)26-38(47(46)59-14)64-34(8)54/h15-17,19,23,28-33,35-38,41-49,57-58H,18,20-22,24-27H2,1-14H3/b16-15-,19-17-/t29-,30-,31?,32?,33?,35+,36?,37?,38-,41?,42?,43?,44?,45?,46+,47+,48?,49?,50?/m1/s1. The lowest BCUT2D eigenvalue weighted by Crippen LogP contribution is -2.66. The molecule has 0 aromatic carbocycles. The first-order valence-corrected chi connectivity index (χ1v) is 24.5. The van der Waals surface area contributed by atoms with Crippen LogP contribution < -0.4 is 0 Å². The molecule has 0 saturated carbocycles. The van der Waals surface area contributed by atoms with Crippen LogP contribution in [0.15, 0.2) is 24.3 Å². The van der Waals surface area contributed by atoms with Crippen LogP contribution in [0.3, 0.4) is 0 Å². The van der Waals surface area contributed by atoms with Crippen LogP contribution in [0.4, 0.5) is 0 Å². The Morgan fingerprint density at radius 1 is 0.897 bits per heavy atom. The van der Waals surface area contributed by atoms with E-state index in [1.807, 2.05) is 66.1 Å². The van der Waals surface area contributed by atoms with E-state index in [0.717, 1.165) is 12.7 Å². The van der Waals surface area contributed by atoms with E-state index in [1.165, 1.54) is 14.0 Å². The van der Waals surface area contributed by atoms with Crippen LogP contribution in [0.2, 0.25) is 0 Å². The number of hydrogen-bond donors (Lipinski definition) is 2. The van der Waals surface area contributed by atoms with Crippen LogP contribution in [0.5, 0.6) is 0 Å². The van der Waals surface area contributed by atoms with Gasteiger partial charge in [0.2, 0.25) is 0 Å². The molecular weight excluding hydrogens is 885 g/mol. The zero-order valence-electron chi connectivity index (χ0n) is 43.0. The van der Waals surface area contributed by atoms with E-state index < -0.39 is 122 Å². The third-order valence-corrected chi connectivity index (χ3v) is 13.5. The summed E-state index contributed by atoms with van der Waals surface area (Å²) in [6.45, 7) is 15.9. The maximum absolute atomic E-state index is 13.5. The first kappa shape index (κ1) is 57.7. The van der Waals surface area contributed by atoms with Gasteiger partial charge in [-0.25, -0.2) is 0 Å². The summed E-state index contributed by atoms with van der Waals surface area (Å²) in [6, 6.07) is -0.550. The van der Waals surface area contributed by atoms with Gasteiger partial charge in [0.1, 0.15) is 42.4 Å². The van der Waals surface area contributed by atoms with Crippen molar-refractivity contribution in [2.75, 3.05) is 35.3 Å². The lowest BCUT2D eigenvalue weighted by molar-refractivity contribution is -0.344. The van der Waals surface area contributed by atoms with Gasteiger partial charge in [-0.05, 0) is 99.8 Å². The third kappa shape index (κ3) is 16.3. The SMILES string of the molecule is CO[C@@H]1[C@@H](OC2OC(C)C(OC3CC(C)(O)C(OC(=O)CC(C)C)C(C)O3)C(N(C)C)C2O)[C@@H](CC=O)C[C@@H](C)C(OC2CCC(N(C)C)C(C)O2)/C=C\C=C/C[C@@H](C)OC(=O)C[C@H]1OC(C)=O. The van der Waals surface area contributed by atoms with Crippen LogP contribution in [0.25, 0.3) is 0 Å². The second-order valence-corrected chi connectivity index (χ2v) is 20.5. The largest absolute Gasteiger partial charge is 0.462 e. The number of esters is 3. The van der Waals surface area contributed by atoms with Gasteiger partial charge in [-0.1, -0.05) is 45.1 Å². The van der Waals surface area contributed by atoms with Gasteiger partial charge in [0, 0.05) is 45.8 Å². The molecule has 0 aromatic heterocycles. The molecule has 18 heteroatoms. The average Bonchev–Trinajstić information content (AvgIpc) is 3.21. The van der Waals surface area contributed by atoms with E-state index in [9.17, 15) is 29.4 Å². The van der Waals surface area contributed by atoms with Crippen molar-refractivity contribution < 1.29 is 76.8 Å². The molecule has 4 aliphatic rings. The zero-order valence-corrected chi connectivity index (χ0v) is 43.0. The van der Waals surface area contributed by atoms with Crippen molar-refractivity contribution in [3.8, 4) is 0 Å². The molecule has 3 saturated heterocycles. The van der Waals surface area contributed by atoms with E-state index in [4.69, 9.17) is 47.4 Å². The molecule has 4 rings (SSSR count). The van der Waals surface area contributed by atoms with E-state index >= 15 is 0 Å². The summed E-state index contributed by atoms with van der Waals surface area (Å²) in [7, 11) is 9.01. The second kappa shape index (κ2) is 26.5. The first-order chi connectivity index (χ1) is 31.9. The number of ether oxygens (including phenoxy) is 10. The monoisotopic (exact) mass is 969 g/mol. The summed E-state index contributed by atoms with van der Waals surface area (Å²) in [5.74, 6) is -2.62. The highest BCUT2D eigenvalue weighted by Gasteiger charge is 2.53. The molecule has 13 unspecified atom stereocenters. The van der Waals surface area contributed by atoms with Gasteiger partial charge >= 0.3 is 17.9 Å². The third-order valence-electron chi connectivity index (χ3n) is 13.5. The Bertz CT molecular complexity index is 1660. The summed E-state index contributed by atoms with van der Waals surface area (Å²) in [5.41, 5.74) is -1.51. The number of carbonyl (C=O) groups is 4. The van der Waals surface area contributed by atoms with Crippen molar-refractivity contribution >= 4 is 24.2 Å². The molecule has 2 N–H and O–H groups in total. The Labute approximate surface area is 404 Å². The lowest BCUT2D eigenvalue weighted by Gasteiger charge is -2.50. The molecule has 68 heavy (non-hydrogen) atoms. The average molecular weight is 969 g/mol. The smallest absolute Gasteiger partial charge is 0.309 e. The molecule has 3 fully saturated rings. The summed E-state index contributed by atoms with van der Waals surface area (Å²) < 4.78 is 62.7. The minimum absolute atomic E-state index is 0.0447. The van der Waals surface area contributed by atoms with Gasteiger partial charge in [-0.3, -0.25) is 14.4 Å². The molecular formula is C50H84N2O16. The number of aldehydes is 1. The predicted molar refractivity (Wildman–Crippen MR) is 250 cm³/mol. The highest BCUT2D eigenvalue weighted by Crippen LogP contribution is 2.38. The molecule has 0 radical (unpaired) electrons. The minimum atomic E-state index is -1.51. The minimum Gasteiger partial charge on any atom is -0.462 e. The zero-order chi connectivity index (χ0) is 50.6. The van der Waals surface area contributed by atoms with Crippen molar-refractivity contribution in [3.05, 3.63) is 24.3 Å². The Morgan fingerprint density at radius 3 is 2.18 bits per heavy atom. The Balaban J connectivity index is 1.69. The fourth-order valence-corrected chi connectivity index (χ4v) is 10.1. The van der Waals surface area contributed by atoms with Crippen molar-refractivity contribution in [1.82, 2.24) is 9.80 Å². The van der Waals surface area contributed by atoms with Crippen molar-refractivity contribution in [2.24, 2.45) is 17.8 Å². The molecule has 0 aromatic rings. The lowest BCUT2D eigenvalue weighted by atomic mass is 9.82. The fraction of sp³-hybridized carbons (Fsp3) is 0.840. The quantitative estimate of drug-likeness (QED) is 0.132. The molecule has 0 aliphatic carbocycles. The summed E-state index contributed by atoms with van der Waals surface area (Å²) >= 11 is 0. The Hall–Kier alpha value is -2.88. The van der Waals surface area contributed by atoms with E-state index in [0.29, 0.717) is 19.3 Å². The van der Waals surface area contributed by atoms with E-state index in [2.05, 4.69) is 4.90 Å². The Morgan fingerprint density at radius 2 is 1.59 bits per heavy atom. The van der Waals surface area contributed by atoms with Gasteiger partial charge < -0.3 is 72.2 Å². The van der Waals surface area contributed by atoms with Crippen molar-refractivity contribution in [2.45, 2.75) is 217 Å². The number of aliphatic hydroxyl groups excluding tert-OH is 1. The summed E-state index contributed by atoms with van der Waals surface area (Å²) in [4.78, 5) is 55.5. The molecule has 390 valence electrons. The first-order valence-electron chi connectivity index (χ1n) is 24.5. The number of aliphatic hydroxyl groups is 2.